The van der Waals surface area contributed by atoms with Crippen molar-refractivity contribution in [3.8, 4) is 11.5 Å². The summed E-state index contributed by atoms with van der Waals surface area (Å²) in [4.78, 5) is 31.2. The molecule has 0 saturated heterocycles. The molecule has 0 bridgehead atoms. The molecule has 0 spiro atoms. The van der Waals surface area contributed by atoms with E-state index in [0.717, 1.165) is 22.9 Å². The van der Waals surface area contributed by atoms with Gasteiger partial charge in [0.25, 0.3) is 5.91 Å². The lowest BCUT2D eigenvalue weighted by atomic mass is 10.1. The summed E-state index contributed by atoms with van der Waals surface area (Å²) >= 11 is 1.35. The predicted molar refractivity (Wildman–Crippen MR) is 134 cm³/mol. The number of carbonyl (C=O) groups excluding carboxylic acids is 2. The number of aromatic nitrogens is 1. The van der Waals surface area contributed by atoms with Crippen molar-refractivity contribution in [1.29, 1.82) is 0 Å². The van der Waals surface area contributed by atoms with Gasteiger partial charge in [-0.2, -0.15) is 0 Å². The molecule has 34 heavy (non-hydrogen) atoms. The van der Waals surface area contributed by atoms with Gasteiger partial charge in [0.2, 0.25) is 0 Å². The highest BCUT2D eigenvalue weighted by Crippen LogP contribution is 2.37. The molecule has 2 aromatic carbocycles. The Bertz CT molecular complexity index is 1490. The van der Waals surface area contributed by atoms with E-state index in [1.807, 2.05) is 55.5 Å². The molecule has 5 rings (SSSR count). The summed E-state index contributed by atoms with van der Waals surface area (Å²) in [6.07, 6.45) is 3.28. The second-order valence-electron chi connectivity index (χ2n) is 7.80. The predicted octanol–water partition coefficient (Wildman–Crippen LogP) is 6.92. The van der Waals surface area contributed by atoms with Crippen molar-refractivity contribution < 1.29 is 18.7 Å². The first-order valence-electron chi connectivity index (χ1n) is 11.1. The lowest BCUT2D eigenvalue weighted by Crippen LogP contribution is -2.15. The second kappa shape index (κ2) is 9.49. The summed E-state index contributed by atoms with van der Waals surface area (Å²) < 4.78 is 11.9. The van der Waals surface area contributed by atoms with Crippen LogP contribution in [0, 0.1) is 0 Å². The van der Waals surface area contributed by atoms with E-state index in [-0.39, 0.29) is 5.91 Å². The molecule has 5 aromatic rings. The van der Waals surface area contributed by atoms with Gasteiger partial charge in [-0.15, -0.1) is 11.3 Å². The number of nitrogens with one attached hydrogen (secondary N) is 1. The Kier molecular flexibility index (Phi) is 6.10. The molecular formula is C27H22N2O4S. The maximum atomic E-state index is 13.5. The Balaban J connectivity index is 1.56. The number of nitrogens with zero attached hydrogens (tertiary/aromatic N) is 1. The van der Waals surface area contributed by atoms with Crippen LogP contribution in [0.2, 0.25) is 0 Å². The molecule has 0 radical (unpaired) electrons. The van der Waals surface area contributed by atoms with Gasteiger partial charge >= 0.3 is 5.97 Å². The molecule has 0 unspecified atom stereocenters. The number of amides is 1. The normalized spacial score (nSPS) is 11.1. The van der Waals surface area contributed by atoms with Crippen LogP contribution < -0.4 is 5.32 Å². The van der Waals surface area contributed by atoms with Gasteiger partial charge in [0.1, 0.15) is 16.3 Å². The molecule has 170 valence electrons. The molecule has 0 aliphatic rings. The first-order valence-corrected chi connectivity index (χ1v) is 11.9. The Labute approximate surface area is 200 Å². The molecular weight excluding hydrogens is 448 g/mol. The van der Waals surface area contributed by atoms with Crippen molar-refractivity contribution in [3.63, 3.8) is 0 Å². The van der Waals surface area contributed by atoms with E-state index in [0.29, 0.717) is 45.1 Å². The molecule has 0 aliphatic heterocycles. The molecule has 0 aliphatic carbocycles. The summed E-state index contributed by atoms with van der Waals surface area (Å²) in [5.74, 6) is -0.195. The topological polar surface area (TPSA) is 81.4 Å². The number of benzene rings is 2. The summed E-state index contributed by atoms with van der Waals surface area (Å²) in [6, 6.07) is 20.3. The van der Waals surface area contributed by atoms with E-state index < -0.39 is 5.97 Å². The van der Waals surface area contributed by atoms with Crippen LogP contribution in [0.15, 0.2) is 77.4 Å². The fourth-order valence-corrected chi connectivity index (χ4v) is 4.89. The second-order valence-corrected chi connectivity index (χ2v) is 8.85. The van der Waals surface area contributed by atoms with E-state index >= 15 is 0 Å². The van der Waals surface area contributed by atoms with Crippen molar-refractivity contribution in [2.45, 2.75) is 19.8 Å². The molecule has 0 fully saturated rings. The maximum absolute atomic E-state index is 13.5. The van der Waals surface area contributed by atoms with Gasteiger partial charge < -0.3 is 14.5 Å². The highest BCUT2D eigenvalue weighted by molar-refractivity contribution is 7.23. The van der Waals surface area contributed by atoms with Crippen molar-refractivity contribution in [3.05, 3.63) is 84.1 Å². The monoisotopic (exact) mass is 470 g/mol. The van der Waals surface area contributed by atoms with E-state index in [2.05, 4.69) is 10.3 Å². The summed E-state index contributed by atoms with van der Waals surface area (Å²) in [6.45, 7) is 2.38. The van der Waals surface area contributed by atoms with Crippen LogP contribution in [0.3, 0.4) is 0 Å². The van der Waals surface area contributed by atoms with Crippen LogP contribution in [0.5, 0.6) is 0 Å². The number of esters is 1. The van der Waals surface area contributed by atoms with E-state index in [9.17, 15) is 9.59 Å². The number of thiophene rings is 1. The molecule has 1 N–H and O–H groups in total. The van der Waals surface area contributed by atoms with Gasteiger partial charge in [0.15, 0.2) is 5.76 Å². The number of unbranched alkanes of at least 4 members (excludes halogenated alkanes) is 1. The minimum atomic E-state index is -0.433. The summed E-state index contributed by atoms with van der Waals surface area (Å²) in [7, 11) is 0. The molecule has 0 atom stereocenters. The van der Waals surface area contributed by atoms with Gasteiger partial charge in [-0.25, -0.2) is 9.78 Å². The zero-order chi connectivity index (χ0) is 23.5. The lowest BCUT2D eigenvalue weighted by molar-refractivity contribution is 0.0503. The molecule has 3 heterocycles. The van der Waals surface area contributed by atoms with Crippen LogP contribution in [0.25, 0.3) is 32.4 Å². The first-order chi connectivity index (χ1) is 16.7. The van der Waals surface area contributed by atoms with Crippen molar-refractivity contribution in [2.24, 2.45) is 0 Å². The summed E-state index contributed by atoms with van der Waals surface area (Å²) in [5.41, 5.74) is 2.07. The fourth-order valence-electron chi connectivity index (χ4n) is 3.80. The van der Waals surface area contributed by atoms with Crippen LogP contribution in [-0.4, -0.2) is 23.5 Å². The standard InChI is InChI=1S/C27H22N2O4S/c1-2-3-14-33-27(31)24-18-10-5-7-13-23(18)34-26(24)29-25(30)19-16-21(22-12-8-15-32-22)28-20-11-6-4-9-17(19)20/h4-13,15-16H,2-3,14H2,1H3,(H,29,30). The lowest BCUT2D eigenvalue weighted by Gasteiger charge is -2.10. The average Bonchev–Trinajstić information content (AvgIpc) is 3.51. The highest BCUT2D eigenvalue weighted by Gasteiger charge is 2.23. The number of pyridine rings is 1. The molecule has 6 nitrogen and oxygen atoms in total. The number of para-hydroxylation sites is 1. The Hall–Kier alpha value is -3.97. The first kappa shape index (κ1) is 21.9. The van der Waals surface area contributed by atoms with Gasteiger partial charge in [-0.1, -0.05) is 49.7 Å². The molecule has 7 heteroatoms. The molecule has 1 amide bonds. The smallest absolute Gasteiger partial charge is 0.341 e. The Morgan fingerprint density at radius 1 is 1.03 bits per heavy atom. The Morgan fingerprint density at radius 3 is 2.62 bits per heavy atom. The minimum Gasteiger partial charge on any atom is -0.463 e. The molecule has 0 saturated carbocycles. The number of furan rings is 1. The van der Waals surface area contributed by atoms with Crippen molar-refractivity contribution >= 4 is 49.2 Å². The van der Waals surface area contributed by atoms with E-state index in [4.69, 9.17) is 9.15 Å². The van der Waals surface area contributed by atoms with Gasteiger partial charge in [0, 0.05) is 15.5 Å². The molecule has 3 aromatic heterocycles. The third kappa shape index (κ3) is 4.18. The largest absolute Gasteiger partial charge is 0.463 e. The minimum absolute atomic E-state index is 0.333. The van der Waals surface area contributed by atoms with Crippen LogP contribution in [0.4, 0.5) is 5.00 Å². The number of anilines is 1. The number of carbonyl (C=O) groups is 2. The number of ether oxygens (including phenoxy) is 1. The van der Waals surface area contributed by atoms with Gasteiger partial charge in [0.05, 0.1) is 24.0 Å². The zero-order valence-electron chi connectivity index (χ0n) is 18.5. The van der Waals surface area contributed by atoms with Gasteiger partial charge in [-0.05, 0) is 36.8 Å². The van der Waals surface area contributed by atoms with Crippen molar-refractivity contribution in [2.75, 3.05) is 11.9 Å². The third-order valence-corrected chi connectivity index (χ3v) is 6.58. The highest BCUT2D eigenvalue weighted by atomic mass is 32.1. The summed E-state index contributed by atoms with van der Waals surface area (Å²) in [5, 5.41) is 4.91. The van der Waals surface area contributed by atoms with Crippen molar-refractivity contribution in [1.82, 2.24) is 4.98 Å². The van der Waals surface area contributed by atoms with Crippen LogP contribution in [0.1, 0.15) is 40.5 Å². The third-order valence-electron chi connectivity index (χ3n) is 5.49. The van der Waals surface area contributed by atoms with Crippen LogP contribution in [-0.2, 0) is 4.74 Å². The number of fused-ring (bicyclic) bond motifs is 2. The number of hydrogen-bond acceptors (Lipinski definition) is 6. The Morgan fingerprint density at radius 2 is 1.82 bits per heavy atom. The number of rotatable bonds is 7. The maximum Gasteiger partial charge on any atom is 0.341 e. The average molecular weight is 471 g/mol. The zero-order valence-corrected chi connectivity index (χ0v) is 19.4. The SMILES string of the molecule is CCCCOC(=O)c1c(NC(=O)c2cc(-c3ccco3)nc3ccccc23)sc2ccccc12. The van der Waals surface area contributed by atoms with Crippen LogP contribution >= 0.6 is 11.3 Å². The van der Waals surface area contributed by atoms with E-state index in [1.165, 1.54) is 11.3 Å². The van der Waals surface area contributed by atoms with E-state index in [1.54, 1.807) is 24.5 Å². The fraction of sp³-hybridized carbons (Fsp3) is 0.148. The van der Waals surface area contributed by atoms with Gasteiger partial charge in [-0.3, -0.25) is 4.79 Å². The number of hydrogen-bond donors (Lipinski definition) is 1. The quantitative estimate of drug-likeness (QED) is 0.206.